The van der Waals surface area contributed by atoms with Gasteiger partial charge in [-0.3, -0.25) is 4.79 Å². The SMILES string of the molecule is O=C(NC(CCCO)c1ccccc1)c1cc2c(s1)CCOC2. The van der Waals surface area contributed by atoms with Gasteiger partial charge in [-0.15, -0.1) is 11.3 Å². The summed E-state index contributed by atoms with van der Waals surface area (Å²) in [4.78, 5) is 14.6. The monoisotopic (exact) mass is 331 g/mol. The first kappa shape index (κ1) is 16.2. The first-order chi connectivity index (χ1) is 11.3. The average molecular weight is 331 g/mol. The van der Waals surface area contributed by atoms with Gasteiger partial charge in [-0.1, -0.05) is 30.3 Å². The van der Waals surface area contributed by atoms with Crippen LogP contribution in [0.3, 0.4) is 0 Å². The van der Waals surface area contributed by atoms with E-state index in [1.807, 2.05) is 36.4 Å². The summed E-state index contributed by atoms with van der Waals surface area (Å²) in [6.07, 6.45) is 2.27. The largest absolute Gasteiger partial charge is 0.396 e. The van der Waals surface area contributed by atoms with E-state index in [-0.39, 0.29) is 18.6 Å². The molecule has 23 heavy (non-hydrogen) atoms. The van der Waals surface area contributed by atoms with Crippen LogP contribution in [0.5, 0.6) is 0 Å². The summed E-state index contributed by atoms with van der Waals surface area (Å²) in [6.45, 7) is 1.47. The molecule has 0 saturated carbocycles. The van der Waals surface area contributed by atoms with Crippen LogP contribution < -0.4 is 5.32 Å². The van der Waals surface area contributed by atoms with Crippen LogP contribution >= 0.6 is 11.3 Å². The predicted octanol–water partition coefficient (Wildman–Crippen LogP) is 3.06. The third-order valence-corrected chi connectivity index (χ3v) is 5.25. The molecule has 1 aliphatic heterocycles. The van der Waals surface area contributed by atoms with Crippen LogP contribution in [0.4, 0.5) is 0 Å². The van der Waals surface area contributed by atoms with Crippen molar-refractivity contribution < 1.29 is 14.6 Å². The number of carbonyl (C=O) groups is 1. The van der Waals surface area contributed by atoms with Gasteiger partial charge in [0.1, 0.15) is 0 Å². The van der Waals surface area contributed by atoms with Crippen molar-refractivity contribution in [2.75, 3.05) is 13.2 Å². The molecule has 1 atom stereocenters. The number of carbonyl (C=O) groups excluding carboxylic acids is 1. The highest BCUT2D eigenvalue weighted by Crippen LogP contribution is 2.28. The normalized spacial score (nSPS) is 15.0. The molecule has 0 spiro atoms. The first-order valence-corrected chi connectivity index (χ1v) is 8.75. The van der Waals surface area contributed by atoms with Crippen LogP contribution in [0.2, 0.25) is 0 Å². The summed E-state index contributed by atoms with van der Waals surface area (Å²) in [5.74, 6) is -0.0452. The molecule has 2 aromatic rings. The van der Waals surface area contributed by atoms with Crippen molar-refractivity contribution in [3.63, 3.8) is 0 Å². The minimum atomic E-state index is -0.0776. The topological polar surface area (TPSA) is 58.6 Å². The maximum absolute atomic E-state index is 12.6. The molecule has 1 aromatic carbocycles. The predicted molar refractivity (Wildman–Crippen MR) is 90.6 cm³/mol. The van der Waals surface area contributed by atoms with E-state index in [1.165, 1.54) is 4.88 Å². The second-order valence-electron chi connectivity index (χ2n) is 5.66. The molecule has 0 radical (unpaired) electrons. The Bertz CT molecular complexity index is 630. The Morgan fingerprint density at radius 3 is 2.91 bits per heavy atom. The van der Waals surface area contributed by atoms with E-state index in [2.05, 4.69) is 5.32 Å². The third kappa shape index (κ3) is 3.99. The molecule has 1 unspecified atom stereocenters. The van der Waals surface area contributed by atoms with Gasteiger partial charge in [0.15, 0.2) is 0 Å². The first-order valence-electron chi connectivity index (χ1n) is 7.94. The molecule has 0 saturated heterocycles. The lowest BCUT2D eigenvalue weighted by molar-refractivity contribution is 0.0936. The molecular weight excluding hydrogens is 310 g/mol. The minimum absolute atomic E-state index is 0.0452. The Kier molecular flexibility index (Phi) is 5.43. The van der Waals surface area contributed by atoms with Crippen molar-refractivity contribution in [2.45, 2.75) is 31.9 Å². The molecule has 1 aliphatic rings. The zero-order chi connectivity index (χ0) is 16.1. The molecule has 3 rings (SSSR count). The molecule has 0 bridgehead atoms. The summed E-state index contributed by atoms with van der Waals surface area (Å²) in [7, 11) is 0. The molecule has 122 valence electrons. The van der Waals surface area contributed by atoms with Crippen molar-refractivity contribution in [3.05, 3.63) is 57.3 Å². The third-order valence-electron chi connectivity index (χ3n) is 4.01. The number of hydrogen-bond donors (Lipinski definition) is 2. The Morgan fingerprint density at radius 2 is 2.17 bits per heavy atom. The van der Waals surface area contributed by atoms with Crippen LogP contribution in [-0.4, -0.2) is 24.2 Å². The Labute approximate surface area is 140 Å². The molecule has 5 heteroatoms. The molecule has 2 heterocycles. The van der Waals surface area contributed by atoms with Gasteiger partial charge in [0.2, 0.25) is 0 Å². The molecule has 0 aliphatic carbocycles. The van der Waals surface area contributed by atoms with E-state index in [4.69, 9.17) is 9.84 Å². The lowest BCUT2D eigenvalue weighted by Crippen LogP contribution is -2.28. The van der Waals surface area contributed by atoms with Crippen LogP contribution in [0.1, 0.15) is 44.6 Å². The van der Waals surface area contributed by atoms with E-state index >= 15 is 0 Å². The molecule has 1 amide bonds. The Morgan fingerprint density at radius 1 is 1.35 bits per heavy atom. The minimum Gasteiger partial charge on any atom is -0.396 e. The van der Waals surface area contributed by atoms with Crippen LogP contribution in [0.25, 0.3) is 0 Å². The average Bonchev–Trinajstić information content (AvgIpc) is 3.03. The fraction of sp³-hybridized carbons (Fsp3) is 0.389. The number of aliphatic hydroxyl groups is 1. The summed E-state index contributed by atoms with van der Waals surface area (Å²) in [6, 6.07) is 11.8. The maximum Gasteiger partial charge on any atom is 0.261 e. The van der Waals surface area contributed by atoms with Gasteiger partial charge in [0.25, 0.3) is 5.91 Å². The summed E-state index contributed by atoms with van der Waals surface area (Å²) >= 11 is 1.56. The van der Waals surface area contributed by atoms with Crippen LogP contribution in [0, 0.1) is 0 Å². The molecule has 2 N–H and O–H groups in total. The summed E-state index contributed by atoms with van der Waals surface area (Å²) in [5, 5.41) is 12.2. The number of fused-ring (bicyclic) bond motifs is 1. The van der Waals surface area contributed by atoms with Crippen molar-refractivity contribution in [1.29, 1.82) is 0 Å². The second kappa shape index (κ2) is 7.73. The number of benzene rings is 1. The summed E-state index contributed by atoms with van der Waals surface area (Å²) < 4.78 is 5.44. The number of nitrogens with one attached hydrogen (secondary N) is 1. The highest BCUT2D eigenvalue weighted by molar-refractivity contribution is 7.14. The van der Waals surface area contributed by atoms with E-state index in [0.717, 1.165) is 35.5 Å². The van der Waals surface area contributed by atoms with Gasteiger partial charge in [0, 0.05) is 17.9 Å². The van der Waals surface area contributed by atoms with Crippen molar-refractivity contribution in [3.8, 4) is 0 Å². The number of ether oxygens (including phenoxy) is 1. The van der Waals surface area contributed by atoms with Crippen molar-refractivity contribution >= 4 is 17.2 Å². The van der Waals surface area contributed by atoms with Gasteiger partial charge >= 0.3 is 0 Å². The fourth-order valence-electron chi connectivity index (χ4n) is 2.79. The fourth-order valence-corrected chi connectivity index (χ4v) is 3.84. The second-order valence-corrected chi connectivity index (χ2v) is 6.80. The smallest absolute Gasteiger partial charge is 0.261 e. The standard InChI is InChI=1S/C18H21NO3S/c20-9-4-7-15(13-5-2-1-3-6-13)19-18(21)17-11-14-12-22-10-8-16(14)23-17/h1-3,5-6,11,15,20H,4,7-10,12H2,(H,19,21). The van der Waals surface area contributed by atoms with Gasteiger partial charge in [0.05, 0.1) is 24.1 Å². The molecule has 1 aromatic heterocycles. The van der Waals surface area contributed by atoms with Crippen LogP contribution in [0.15, 0.2) is 36.4 Å². The zero-order valence-electron chi connectivity index (χ0n) is 13.0. The lowest BCUT2D eigenvalue weighted by atomic mass is 10.0. The summed E-state index contributed by atoms with van der Waals surface area (Å²) in [5.41, 5.74) is 2.21. The zero-order valence-corrected chi connectivity index (χ0v) is 13.8. The van der Waals surface area contributed by atoms with Gasteiger partial charge in [-0.25, -0.2) is 0 Å². The maximum atomic E-state index is 12.6. The number of thiophene rings is 1. The number of aliphatic hydroxyl groups excluding tert-OH is 1. The lowest BCUT2D eigenvalue weighted by Gasteiger charge is -2.18. The highest BCUT2D eigenvalue weighted by atomic mass is 32.1. The van der Waals surface area contributed by atoms with E-state index in [0.29, 0.717) is 13.0 Å². The van der Waals surface area contributed by atoms with Crippen LogP contribution in [-0.2, 0) is 17.8 Å². The van der Waals surface area contributed by atoms with E-state index in [1.54, 1.807) is 11.3 Å². The number of rotatable bonds is 6. The van der Waals surface area contributed by atoms with Gasteiger partial charge in [-0.05, 0) is 30.0 Å². The Balaban J connectivity index is 1.73. The van der Waals surface area contributed by atoms with Crippen molar-refractivity contribution in [1.82, 2.24) is 5.32 Å². The van der Waals surface area contributed by atoms with Gasteiger partial charge < -0.3 is 15.2 Å². The molecular formula is C18H21NO3S. The number of amides is 1. The highest BCUT2D eigenvalue weighted by Gasteiger charge is 2.20. The Hall–Kier alpha value is -1.69. The van der Waals surface area contributed by atoms with Crippen molar-refractivity contribution in [2.24, 2.45) is 0 Å². The van der Waals surface area contributed by atoms with Gasteiger partial charge in [-0.2, -0.15) is 0 Å². The molecule has 4 nitrogen and oxygen atoms in total. The van der Waals surface area contributed by atoms with E-state index in [9.17, 15) is 4.79 Å². The quantitative estimate of drug-likeness (QED) is 0.855. The molecule has 0 fully saturated rings. The number of hydrogen-bond acceptors (Lipinski definition) is 4. The van der Waals surface area contributed by atoms with E-state index < -0.39 is 0 Å².